The highest BCUT2D eigenvalue weighted by Gasteiger charge is 2.14. The third-order valence-electron chi connectivity index (χ3n) is 3.80. The quantitative estimate of drug-likeness (QED) is 0.627. The Hall–Kier alpha value is -3.55. The Labute approximate surface area is 157 Å². The molecule has 0 saturated carbocycles. The Morgan fingerprint density at radius 1 is 0.926 bits per heavy atom. The van der Waals surface area contributed by atoms with Crippen molar-refractivity contribution < 1.29 is 14.2 Å². The van der Waals surface area contributed by atoms with Crippen molar-refractivity contribution in [2.75, 3.05) is 32.0 Å². The van der Waals surface area contributed by atoms with Crippen LogP contribution in [0.4, 0.5) is 17.5 Å². The van der Waals surface area contributed by atoms with Gasteiger partial charge >= 0.3 is 0 Å². The van der Waals surface area contributed by atoms with Gasteiger partial charge in [-0.15, -0.1) is 5.10 Å². The molecule has 0 aliphatic heterocycles. The van der Waals surface area contributed by atoms with Gasteiger partial charge in [-0.1, -0.05) is 30.3 Å². The van der Waals surface area contributed by atoms with Crippen molar-refractivity contribution in [2.45, 2.75) is 6.54 Å². The van der Waals surface area contributed by atoms with Crippen LogP contribution in [-0.4, -0.2) is 36.5 Å². The summed E-state index contributed by atoms with van der Waals surface area (Å²) < 4.78 is 16.0. The van der Waals surface area contributed by atoms with Crippen molar-refractivity contribution in [1.29, 1.82) is 0 Å². The maximum Gasteiger partial charge on any atom is 0.249 e. The van der Waals surface area contributed by atoms with Gasteiger partial charge in [-0.3, -0.25) is 0 Å². The molecule has 27 heavy (non-hydrogen) atoms. The van der Waals surface area contributed by atoms with Gasteiger partial charge in [-0.25, -0.2) is 0 Å². The summed E-state index contributed by atoms with van der Waals surface area (Å²) in [6, 6.07) is 13.6. The number of nitrogens with one attached hydrogen (secondary N) is 2. The van der Waals surface area contributed by atoms with Gasteiger partial charge in [0.2, 0.25) is 11.7 Å². The lowest BCUT2D eigenvalue weighted by atomic mass is 10.2. The third-order valence-corrected chi connectivity index (χ3v) is 3.80. The first-order valence-corrected chi connectivity index (χ1v) is 8.28. The van der Waals surface area contributed by atoms with Gasteiger partial charge in [0.05, 0.1) is 27.5 Å². The van der Waals surface area contributed by atoms with E-state index in [4.69, 9.17) is 14.2 Å². The molecule has 0 aliphatic carbocycles. The molecule has 0 aliphatic rings. The highest BCUT2D eigenvalue weighted by molar-refractivity contribution is 5.65. The predicted molar refractivity (Wildman–Crippen MR) is 103 cm³/mol. The predicted octanol–water partition coefficient (Wildman–Crippen LogP) is 3.25. The van der Waals surface area contributed by atoms with Crippen LogP contribution in [0.3, 0.4) is 0 Å². The normalized spacial score (nSPS) is 10.2. The molecule has 0 saturated heterocycles. The zero-order valence-electron chi connectivity index (χ0n) is 15.4. The van der Waals surface area contributed by atoms with E-state index >= 15 is 0 Å². The first-order valence-electron chi connectivity index (χ1n) is 8.28. The van der Waals surface area contributed by atoms with Crippen molar-refractivity contribution in [3.05, 3.63) is 54.2 Å². The van der Waals surface area contributed by atoms with Crippen LogP contribution in [-0.2, 0) is 6.54 Å². The molecule has 3 aromatic rings. The SMILES string of the molecule is COc1cc(Nc2nncc(NCc3ccccc3)n2)cc(OC)c1OC. The molecule has 0 unspecified atom stereocenters. The van der Waals surface area contributed by atoms with Gasteiger partial charge in [-0.2, -0.15) is 10.1 Å². The number of rotatable bonds is 8. The highest BCUT2D eigenvalue weighted by atomic mass is 16.5. The summed E-state index contributed by atoms with van der Waals surface area (Å²) in [7, 11) is 4.68. The maximum absolute atomic E-state index is 5.35. The van der Waals surface area contributed by atoms with E-state index in [-0.39, 0.29) is 0 Å². The molecule has 140 valence electrons. The number of hydrogen-bond donors (Lipinski definition) is 2. The number of nitrogens with zero attached hydrogens (tertiary/aromatic N) is 3. The van der Waals surface area contributed by atoms with Crippen molar-refractivity contribution in [3.63, 3.8) is 0 Å². The minimum absolute atomic E-state index is 0.349. The van der Waals surface area contributed by atoms with E-state index in [9.17, 15) is 0 Å². The topological polar surface area (TPSA) is 90.4 Å². The molecular weight excluding hydrogens is 346 g/mol. The molecule has 0 fully saturated rings. The molecule has 2 N–H and O–H groups in total. The van der Waals surface area contributed by atoms with Gasteiger partial charge < -0.3 is 24.8 Å². The van der Waals surface area contributed by atoms with E-state index in [0.29, 0.717) is 41.2 Å². The van der Waals surface area contributed by atoms with E-state index in [1.54, 1.807) is 39.7 Å². The van der Waals surface area contributed by atoms with Gasteiger partial charge in [0.15, 0.2) is 17.3 Å². The van der Waals surface area contributed by atoms with E-state index in [1.165, 1.54) is 0 Å². The van der Waals surface area contributed by atoms with Crippen LogP contribution < -0.4 is 24.8 Å². The van der Waals surface area contributed by atoms with E-state index < -0.39 is 0 Å². The molecule has 1 aromatic heterocycles. The number of anilines is 3. The number of hydrogen-bond acceptors (Lipinski definition) is 8. The first-order chi connectivity index (χ1) is 13.2. The summed E-state index contributed by atoms with van der Waals surface area (Å²) in [6.07, 6.45) is 1.57. The minimum atomic E-state index is 0.349. The molecule has 0 radical (unpaired) electrons. The zero-order valence-corrected chi connectivity index (χ0v) is 15.4. The van der Waals surface area contributed by atoms with Gasteiger partial charge in [-0.05, 0) is 5.56 Å². The second-order valence-corrected chi connectivity index (χ2v) is 5.54. The first kappa shape index (κ1) is 18.2. The molecule has 3 rings (SSSR count). The summed E-state index contributed by atoms with van der Waals surface area (Å²) in [5.74, 6) is 2.55. The fraction of sp³-hybridized carbons (Fsp3) is 0.211. The van der Waals surface area contributed by atoms with Crippen LogP contribution in [0.2, 0.25) is 0 Å². The Bertz CT molecular complexity index is 865. The van der Waals surface area contributed by atoms with Crippen molar-refractivity contribution >= 4 is 17.5 Å². The number of methoxy groups -OCH3 is 3. The summed E-state index contributed by atoms with van der Waals surface area (Å²) in [5, 5.41) is 14.3. The highest BCUT2D eigenvalue weighted by Crippen LogP contribution is 2.40. The van der Waals surface area contributed by atoms with Gasteiger partial charge in [0, 0.05) is 24.4 Å². The maximum atomic E-state index is 5.35. The molecule has 8 heteroatoms. The average Bonchev–Trinajstić information content (AvgIpc) is 2.72. The molecule has 2 aromatic carbocycles. The van der Waals surface area contributed by atoms with E-state index in [0.717, 1.165) is 5.56 Å². The van der Waals surface area contributed by atoms with Gasteiger partial charge in [0.25, 0.3) is 0 Å². The number of benzene rings is 2. The molecule has 0 amide bonds. The lowest BCUT2D eigenvalue weighted by Gasteiger charge is -2.14. The van der Waals surface area contributed by atoms with Gasteiger partial charge in [0.1, 0.15) is 0 Å². The Morgan fingerprint density at radius 2 is 1.63 bits per heavy atom. The lowest BCUT2D eigenvalue weighted by molar-refractivity contribution is 0.324. The van der Waals surface area contributed by atoms with Crippen molar-refractivity contribution in [1.82, 2.24) is 15.2 Å². The van der Waals surface area contributed by atoms with E-state index in [1.807, 2.05) is 30.3 Å². The summed E-state index contributed by atoms with van der Waals surface area (Å²) >= 11 is 0. The molecule has 0 bridgehead atoms. The summed E-state index contributed by atoms with van der Waals surface area (Å²) in [6.45, 7) is 0.642. The second-order valence-electron chi connectivity index (χ2n) is 5.54. The second kappa shape index (κ2) is 8.70. The average molecular weight is 367 g/mol. The fourth-order valence-corrected chi connectivity index (χ4v) is 2.51. The fourth-order valence-electron chi connectivity index (χ4n) is 2.51. The molecule has 8 nitrogen and oxygen atoms in total. The number of aromatic nitrogens is 3. The van der Waals surface area contributed by atoms with Crippen LogP contribution in [0.25, 0.3) is 0 Å². The molecule has 0 atom stereocenters. The monoisotopic (exact) mass is 367 g/mol. The van der Waals surface area contributed by atoms with Crippen LogP contribution in [0.5, 0.6) is 17.2 Å². The molecule has 0 spiro atoms. The van der Waals surface area contributed by atoms with Crippen molar-refractivity contribution in [3.8, 4) is 17.2 Å². The third kappa shape index (κ3) is 4.55. The Kier molecular flexibility index (Phi) is 5.88. The molecular formula is C19H21N5O3. The largest absolute Gasteiger partial charge is 0.493 e. The summed E-state index contributed by atoms with van der Waals surface area (Å²) in [5.41, 5.74) is 1.83. The van der Waals surface area contributed by atoms with Crippen LogP contribution in [0.1, 0.15) is 5.56 Å². The van der Waals surface area contributed by atoms with Crippen LogP contribution >= 0.6 is 0 Å². The van der Waals surface area contributed by atoms with Crippen molar-refractivity contribution in [2.24, 2.45) is 0 Å². The smallest absolute Gasteiger partial charge is 0.249 e. The summed E-state index contributed by atoms with van der Waals surface area (Å²) in [4.78, 5) is 4.43. The van der Waals surface area contributed by atoms with Crippen LogP contribution in [0.15, 0.2) is 48.7 Å². The zero-order chi connectivity index (χ0) is 19.1. The van der Waals surface area contributed by atoms with Crippen LogP contribution in [0, 0.1) is 0 Å². The minimum Gasteiger partial charge on any atom is -0.493 e. The lowest BCUT2D eigenvalue weighted by Crippen LogP contribution is -2.06. The van der Waals surface area contributed by atoms with E-state index in [2.05, 4.69) is 25.8 Å². The molecule has 1 heterocycles. The Balaban J connectivity index is 1.76. The standard InChI is InChI=1S/C19H21N5O3/c1-25-15-9-14(10-16(26-2)18(15)27-3)22-19-23-17(12-21-24-19)20-11-13-7-5-4-6-8-13/h4-10,12H,11H2,1-3H3,(H2,20,22,23,24). The number of ether oxygens (including phenoxy) is 3. The Morgan fingerprint density at radius 3 is 2.26 bits per heavy atom.